The number of nitro groups is 1. The summed E-state index contributed by atoms with van der Waals surface area (Å²) in [5.74, 6) is -1.67. The first-order valence-electron chi connectivity index (χ1n) is 5.85. The Balaban J connectivity index is 3.25. The minimum absolute atomic E-state index is 0.123. The fourth-order valence-electron chi connectivity index (χ4n) is 1.51. The number of carbonyl (C=O) groups is 2. The van der Waals surface area contributed by atoms with Gasteiger partial charge in [-0.1, -0.05) is 0 Å². The van der Waals surface area contributed by atoms with Gasteiger partial charge in [0, 0.05) is 6.07 Å². The Morgan fingerprint density at radius 3 is 2.48 bits per heavy atom. The summed E-state index contributed by atoms with van der Waals surface area (Å²) in [6.45, 7) is 1.28. The molecular weight excluding hydrogens is 284 g/mol. The van der Waals surface area contributed by atoms with Gasteiger partial charge >= 0.3 is 5.97 Å². The van der Waals surface area contributed by atoms with E-state index in [1.165, 1.54) is 7.11 Å². The SMILES string of the molecule is CCOc1cc([N+](=O)[O-])c(C(=O)OCC(N)=O)cc1OC. The van der Waals surface area contributed by atoms with Gasteiger partial charge in [0.2, 0.25) is 0 Å². The van der Waals surface area contributed by atoms with E-state index < -0.39 is 29.1 Å². The van der Waals surface area contributed by atoms with E-state index in [9.17, 15) is 19.7 Å². The zero-order valence-corrected chi connectivity index (χ0v) is 11.5. The molecule has 0 spiro atoms. The molecule has 114 valence electrons. The molecule has 0 unspecified atom stereocenters. The maximum absolute atomic E-state index is 11.8. The van der Waals surface area contributed by atoms with Crippen molar-refractivity contribution >= 4 is 17.6 Å². The third-order valence-electron chi connectivity index (χ3n) is 2.34. The fraction of sp³-hybridized carbons (Fsp3) is 0.333. The molecule has 1 aromatic rings. The van der Waals surface area contributed by atoms with E-state index in [2.05, 4.69) is 4.74 Å². The Kier molecular flexibility index (Phi) is 5.47. The van der Waals surface area contributed by atoms with E-state index in [0.29, 0.717) is 0 Å². The Labute approximate surface area is 119 Å². The van der Waals surface area contributed by atoms with Crippen LogP contribution in [0.4, 0.5) is 5.69 Å². The number of methoxy groups -OCH3 is 1. The predicted octanol–water partition coefficient (Wildman–Crippen LogP) is 0.644. The normalized spacial score (nSPS) is 9.81. The van der Waals surface area contributed by atoms with Gasteiger partial charge in [-0.3, -0.25) is 14.9 Å². The van der Waals surface area contributed by atoms with Crippen molar-refractivity contribution in [3.63, 3.8) is 0 Å². The lowest BCUT2D eigenvalue weighted by Gasteiger charge is -2.11. The highest BCUT2D eigenvalue weighted by atomic mass is 16.6. The molecule has 1 aromatic carbocycles. The molecule has 0 fully saturated rings. The number of amides is 1. The number of hydrogen-bond donors (Lipinski definition) is 1. The zero-order valence-electron chi connectivity index (χ0n) is 11.5. The van der Waals surface area contributed by atoms with Crippen molar-refractivity contribution < 1.29 is 28.7 Å². The number of nitrogens with two attached hydrogens (primary N) is 1. The van der Waals surface area contributed by atoms with Gasteiger partial charge in [0.25, 0.3) is 11.6 Å². The first-order chi connectivity index (χ1) is 9.90. The molecule has 2 N–H and O–H groups in total. The lowest BCUT2D eigenvalue weighted by atomic mass is 10.1. The van der Waals surface area contributed by atoms with E-state index in [0.717, 1.165) is 12.1 Å². The number of benzene rings is 1. The van der Waals surface area contributed by atoms with Crippen LogP contribution in [0.2, 0.25) is 0 Å². The molecule has 0 aromatic heterocycles. The summed E-state index contributed by atoms with van der Waals surface area (Å²) in [7, 11) is 1.32. The smallest absolute Gasteiger partial charge is 0.345 e. The molecular formula is C12H14N2O7. The van der Waals surface area contributed by atoms with Crippen LogP contribution in [0, 0.1) is 10.1 Å². The van der Waals surface area contributed by atoms with Gasteiger partial charge in [-0.05, 0) is 6.92 Å². The second-order valence-corrected chi connectivity index (χ2v) is 3.75. The van der Waals surface area contributed by atoms with Crippen molar-refractivity contribution in [2.45, 2.75) is 6.92 Å². The van der Waals surface area contributed by atoms with Crippen LogP contribution in [-0.2, 0) is 9.53 Å². The van der Waals surface area contributed by atoms with Gasteiger partial charge in [-0.15, -0.1) is 0 Å². The molecule has 0 aliphatic rings. The summed E-state index contributed by atoms with van der Waals surface area (Å²) in [5, 5.41) is 11.0. The number of ether oxygens (including phenoxy) is 3. The number of carbonyl (C=O) groups excluding carboxylic acids is 2. The lowest BCUT2D eigenvalue weighted by molar-refractivity contribution is -0.385. The molecule has 0 saturated heterocycles. The summed E-state index contributed by atoms with van der Waals surface area (Å²) in [5.41, 5.74) is 3.96. The first kappa shape index (κ1) is 16.2. The van der Waals surface area contributed by atoms with Crippen LogP contribution in [-0.4, -0.2) is 37.1 Å². The first-order valence-corrected chi connectivity index (χ1v) is 5.85. The van der Waals surface area contributed by atoms with Gasteiger partial charge in [-0.2, -0.15) is 0 Å². The molecule has 9 heteroatoms. The van der Waals surface area contributed by atoms with Crippen LogP contribution in [0.25, 0.3) is 0 Å². The molecule has 1 amide bonds. The third kappa shape index (κ3) is 4.06. The van der Waals surface area contributed by atoms with Crippen LogP contribution in [0.3, 0.4) is 0 Å². The van der Waals surface area contributed by atoms with Crippen molar-refractivity contribution in [2.75, 3.05) is 20.3 Å². The van der Waals surface area contributed by atoms with Crippen LogP contribution < -0.4 is 15.2 Å². The average Bonchev–Trinajstić information content (AvgIpc) is 2.44. The van der Waals surface area contributed by atoms with Gasteiger partial charge in [0.05, 0.1) is 24.7 Å². The Morgan fingerprint density at radius 1 is 1.33 bits per heavy atom. The fourth-order valence-corrected chi connectivity index (χ4v) is 1.51. The number of rotatable bonds is 7. The van der Waals surface area contributed by atoms with Gasteiger partial charge in [0.15, 0.2) is 18.1 Å². The molecule has 0 atom stereocenters. The number of nitrogens with zero attached hydrogens (tertiary/aromatic N) is 1. The molecule has 21 heavy (non-hydrogen) atoms. The highest BCUT2D eigenvalue weighted by Crippen LogP contribution is 2.35. The number of esters is 1. The molecule has 0 heterocycles. The maximum atomic E-state index is 11.8. The quantitative estimate of drug-likeness (QED) is 0.444. The minimum atomic E-state index is -1.05. The second-order valence-electron chi connectivity index (χ2n) is 3.75. The van der Waals surface area contributed by atoms with Gasteiger partial charge in [0.1, 0.15) is 5.56 Å². The van der Waals surface area contributed by atoms with E-state index in [-0.39, 0.29) is 23.7 Å². The standard InChI is InChI=1S/C12H14N2O7/c1-3-20-10-5-8(14(17)18)7(4-9(10)19-2)12(16)21-6-11(13)15/h4-5H,3,6H2,1-2H3,(H2,13,15). The molecule has 0 radical (unpaired) electrons. The molecule has 9 nitrogen and oxygen atoms in total. The predicted molar refractivity (Wildman–Crippen MR) is 70.3 cm³/mol. The van der Waals surface area contributed by atoms with Crippen LogP contribution in [0.5, 0.6) is 11.5 Å². The van der Waals surface area contributed by atoms with Crippen molar-refractivity contribution in [2.24, 2.45) is 5.73 Å². The van der Waals surface area contributed by atoms with E-state index in [4.69, 9.17) is 15.2 Å². The summed E-state index contributed by atoms with van der Waals surface area (Å²) >= 11 is 0. The van der Waals surface area contributed by atoms with Crippen LogP contribution >= 0.6 is 0 Å². The average molecular weight is 298 g/mol. The van der Waals surface area contributed by atoms with E-state index >= 15 is 0 Å². The lowest BCUT2D eigenvalue weighted by Crippen LogP contribution is -2.21. The Morgan fingerprint density at radius 2 is 2.00 bits per heavy atom. The number of hydrogen-bond acceptors (Lipinski definition) is 7. The van der Waals surface area contributed by atoms with Crippen LogP contribution in [0.15, 0.2) is 12.1 Å². The highest BCUT2D eigenvalue weighted by molar-refractivity contribution is 5.96. The zero-order chi connectivity index (χ0) is 16.0. The number of primary amides is 1. The molecule has 0 aliphatic heterocycles. The Hall–Kier alpha value is -2.84. The molecule has 0 aliphatic carbocycles. The van der Waals surface area contributed by atoms with Crippen molar-refractivity contribution in [1.29, 1.82) is 0 Å². The Bertz CT molecular complexity index is 571. The van der Waals surface area contributed by atoms with E-state index in [1.54, 1.807) is 6.92 Å². The van der Waals surface area contributed by atoms with Crippen LogP contribution in [0.1, 0.15) is 17.3 Å². The van der Waals surface area contributed by atoms with Crippen molar-refractivity contribution in [1.82, 2.24) is 0 Å². The molecule has 0 saturated carbocycles. The summed E-state index contributed by atoms with van der Waals surface area (Å²) in [4.78, 5) is 32.6. The summed E-state index contributed by atoms with van der Waals surface area (Å²) in [6, 6.07) is 2.18. The molecule has 1 rings (SSSR count). The van der Waals surface area contributed by atoms with Gasteiger partial charge in [-0.25, -0.2) is 4.79 Å². The third-order valence-corrected chi connectivity index (χ3v) is 2.34. The summed E-state index contributed by atoms with van der Waals surface area (Å²) < 4.78 is 14.8. The number of nitro benzene ring substituents is 1. The van der Waals surface area contributed by atoms with Gasteiger partial charge < -0.3 is 19.9 Å². The van der Waals surface area contributed by atoms with Crippen molar-refractivity contribution in [3.05, 3.63) is 27.8 Å². The topological polar surface area (TPSA) is 131 Å². The second kappa shape index (κ2) is 7.08. The minimum Gasteiger partial charge on any atom is -0.493 e. The summed E-state index contributed by atoms with van der Waals surface area (Å²) in [6.07, 6.45) is 0. The van der Waals surface area contributed by atoms with E-state index in [1.807, 2.05) is 0 Å². The monoisotopic (exact) mass is 298 g/mol. The molecule has 0 bridgehead atoms. The largest absolute Gasteiger partial charge is 0.493 e. The highest BCUT2D eigenvalue weighted by Gasteiger charge is 2.26. The van der Waals surface area contributed by atoms with Crippen molar-refractivity contribution in [3.8, 4) is 11.5 Å². The maximum Gasteiger partial charge on any atom is 0.345 e.